The molecule has 2 aliphatic rings. The van der Waals surface area contributed by atoms with Gasteiger partial charge in [-0.05, 0) is 24.3 Å². The van der Waals surface area contributed by atoms with Crippen LogP contribution in [0.1, 0.15) is 5.56 Å². The number of halogens is 1. The van der Waals surface area contributed by atoms with Gasteiger partial charge in [0.15, 0.2) is 5.13 Å². The van der Waals surface area contributed by atoms with Crippen LogP contribution in [-0.4, -0.2) is 22.6 Å². The van der Waals surface area contributed by atoms with Crippen molar-refractivity contribution in [2.24, 2.45) is 0 Å². The number of benzene rings is 2. The van der Waals surface area contributed by atoms with Crippen LogP contribution in [0.2, 0.25) is 5.02 Å². The van der Waals surface area contributed by atoms with Crippen LogP contribution in [0.15, 0.2) is 42.5 Å². The molecule has 3 aromatic rings. The first kappa shape index (κ1) is 15.2. The van der Waals surface area contributed by atoms with Crippen molar-refractivity contribution in [1.82, 2.24) is 4.98 Å². The largest absolute Gasteiger partial charge is 0.323 e. The Kier molecular flexibility index (Phi) is 3.16. The van der Waals surface area contributed by atoms with Gasteiger partial charge in [0, 0.05) is 16.3 Å². The number of thioether (sulfide) groups is 1. The van der Waals surface area contributed by atoms with Gasteiger partial charge >= 0.3 is 0 Å². The predicted molar refractivity (Wildman–Crippen MR) is 101 cm³/mol. The highest BCUT2D eigenvalue weighted by molar-refractivity contribution is 8.02. The van der Waals surface area contributed by atoms with Crippen molar-refractivity contribution in [3.8, 4) is 0 Å². The van der Waals surface area contributed by atoms with E-state index in [1.807, 2.05) is 30.3 Å². The number of fused-ring (bicyclic) bond motifs is 3. The van der Waals surface area contributed by atoms with Crippen LogP contribution in [0.4, 0.5) is 10.8 Å². The van der Waals surface area contributed by atoms with E-state index in [2.05, 4.69) is 10.3 Å². The molecule has 1 unspecified atom stereocenters. The van der Waals surface area contributed by atoms with Crippen LogP contribution < -0.4 is 10.2 Å². The molecule has 8 heteroatoms. The fraction of sp³-hybridized carbons (Fsp3) is 0.118. The van der Waals surface area contributed by atoms with Gasteiger partial charge in [-0.1, -0.05) is 41.1 Å². The zero-order valence-electron chi connectivity index (χ0n) is 12.7. The van der Waals surface area contributed by atoms with Crippen LogP contribution in [0, 0.1) is 0 Å². The summed E-state index contributed by atoms with van der Waals surface area (Å²) in [4.78, 5) is 30.6. The molecule has 1 spiro atoms. The summed E-state index contributed by atoms with van der Waals surface area (Å²) in [6, 6.07) is 12.9. The lowest BCUT2D eigenvalue weighted by Crippen LogP contribution is -2.47. The second-order valence-electron chi connectivity index (χ2n) is 5.77. The average molecular weight is 388 g/mol. The maximum atomic E-state index is 12.9. The summed E-state index contributed by atoms with van der Waals surface area (Å²) in [5, 5.41) is 4.00. The topological polar surface area (TPSA) is 62.3 Å². The number of anilines is 2. The van der Waals surface area contributed by atoms with E-state index in [0.717, 1.165) is 21.5 Å². The minimum Gasteiger partial charge on any atom is -0.323 e. The van der Waals surface area contributed by atoms with E-state index in [4.69, 9.17) is 11.6 Å². The zero-order chi connectivity index (χ0) is 17.2. The number of nitrogens with zero attached hydrogens (tertiary/aromatic N) is 2. The lowest BCUT2D eigenvalue weighted by atomic mass is 10.1. The number of aromatic nitrogens is 1. The maximum absolute atomic E-state index is 12.9. The van der Waals surface area contributed by atoms with Crippen LogP contribution in [0.5, 0.6) is 0 Å². The number of nitrogens with one attached hydrogen (secondary N) is 1. The number of hydrogen-bond donors (Lipinski definition) is 1. The van der Waals surface area contributed by atoms with E-state index in [1.54, 1.807) is 12.1 Å². The Morgan fingerprint density at radius 3 is 2.92 bits per heavy atom. The molecule has 1 fully saturated rings. The molecule has 5 nitrogen and oxygen atoms in total. The van der Waals surface area contributed by atoms with Gasteiger partial charge in [0.05, 0.1) is 16.0 Å². The van der Waals surface area contributed by atoms with Gasteiger partial charge in [-0.3, -0.25) is 14.5 Å². The third-order valence-electron chi connectivity index (χ3n) is 4.35. The van der Waals surface area contributed by atoms with Crippen LogP contribution in [-0.2, 0) is 14.5 Å². The molecule has 1 aromatic heterocycles. The van der Waals surface area contributed by atoms with Crippen molar-refractivity contribution in [2.75, 3.05) is 16.0 Å². The molecule has 0 saturated carbocycles. The molecule has 2 aliphatic heterocycles. The van der Waals surface area contributed by atoms with Crippen molar-refractivity contribution < 1.29 is 9.59 Å². The number of thiazole rings is 1. The Morgan fingerprint density at radius 2 is 2.04 bits per heavy atom. The Morgan fingerprint density at radius 1 is 1.20 bits per heavy atom. The molecule has 1 N–H and O–H groups in total. The summed E-state index contributed by atoms with van der Waals surface area (Å²) in [5.41, 5.74) is 2.26. The molecule has 2 amide bonds. The third-order valence-corrected chi connectivity index (χ3v) is 7.00. The normalized spacial score (nSPS) is 22.0. The highest BCUT2D eigenvalue weighted by Gasteiger charge is 2.59. The molecular formula is C17H10ClN3O2S2. The molecular weight excluding hydrogens is 378 g/mol. The van der Waals surface area contributed by atoms with Crippen molar-refractivity contribution >= 4 is 67.5 Å². The fourth-order valence-corrected chi connectivity index (χ4v) is 5.81. The number of rotatable bonds is 1. The minimum absolute atomic E-state index is 0.123. The molecule has 5 rings (SSSR count). The Bertz CT molecular complexity index is 1070. The molecule has 0 radical (unpaired) electrons. The first-order chi connectivity index (χ1) is 12.1. The van der Waals surface area contributed by atoms with E-state index in [1.165, 1.54) is 28.0 Å². The zero-order valence-corrected chi connectivity index (χ0v) is 15.0. The fourth-order valence-electron chi connectivity index (χ4n) is 3.28. The number of para-hydroxylation sites is 1. The Balaban J connectivity index is 1.73. The van der Waals surface area contributed by atoms with E-state index in [-0.39, 0.29) is 17.6 Å². The standard InChI is InChI=1S/C17H10ClN3O2S2/c18-9-5-6-13-12(7-9)20-16(25-13)21-14(22)8-24-17(21)10-3-1-2-4-11(10)19-15(17)23/h1-7H,8H2,(H,19,23). The number of amides is 2. The maximum Gasteiger partial charge on any atom is 0.266 e. The molecule has 0 aliphatic carbocycles. The first-order valence-electron chi connectivity index (χ1n) is 7.54. The molecule has 0 bridgehead atoms. The Hall–Kier alpha value is -2.09. The van der Waals surface area contributed by atoms with Gasteiger partial charge in [-0.15, -0.1) is 11.8 Å². The summed E-state index contributed by atoms with van der Waals surface area (Å²) in [7, 11) is 0. The molecule has 25 heavy (non-hydrogen) atoms. The van der Waals surface area contributed by atoms with Gasteiger partial charge in [0.25, 0.3) is 5.91 Å². The quantitative estimate of drug-likeness (QED) is 0.689. The van der Waals surface area contributed by atoms with Gasteiger partial charge in [0.2, 0.25) is 10.8 Å². The second kappa shape index (κ2) is 5.20. The second-order valence-corrected chi connectivity index (χ2v) is 8.38. The lowest BCUT2D eigenvalue weighted by molar-refractivity contribution is -0.122. The SMILES string of the molecule is O=C1CSC2(C(=O)Nc3ccccc32)N1c1nc2cc(Cl)ccc2s1. The van der Waals surface area contributed by atoms with Crippen molar-refractivity contribution in [2.45, 2.75) is 4.87 Å². The minimum atomic E-state index is -1.09. The Labute approximate surface area is 156 Å². The van der Waals surface area contributed by atoms with E-state index < -0.39 is 4.87 Å². The summed E-state index contributed by atoms with van der Waals surface area (Å²) in [6.45, 7) is 0. The number of carbonyl (C=O) groups excluding carboxylic acids is 2. The molecule has 2 aromatic carbocycles. The number of carbonyl (C=O) groups is 2. The molecule has 1 atom stereocenters. The van der Waals surface area contributed by atoms with E-state index in [9.17, 15) is 9.59 Å². The number of hydrogen-bond acceptors (Lipinski definition) is 5. The van der Waals surface area contributed by atoms with Crippen LogP contribution in [0.3, 0.4) is 0 Å². The van der Waals surface area contributed by atoms with Gasteiger partial charge in [-0.2, -0.15) is 0 Å². The summed E-state index contributed by atoms with van der Waals surface area (Å²) in [5.74, 6) is -0.0952. The first-order valence-corrected chi connectivity index (χ1v) is 9.72. The molecule has 3 heterocycles. The predicted octanol–water partition coefficient (Wildman–Crippen LogP) is 3.83. The van der Waals surface area contributed by atoms with E-state index in [0.29, 0.717) is 10.2 Å². The summed E-state index contributed by atoms with van der Waals surface area (Å²) in [6.07, 6.45) is 0. The highest BCUT2D eigenvalue weighted by atomic mass is 35.5. The molecule has 1 saturated heterocycles. The third kappa shape index (κ3) is 2.00. The van der Waals surface area contributed by atoms with Crippen LogP contribution in [0.25, 0.3) is 10.2 Å². The van der Waals surface area contributed by atoms with Crippen molar-refractivity contribution in [1.29, 1.82) is 0 Å². The monoisotopic (exact) mass is 387 g/mol. The average Bonchev–Trinajstić information content (AvgIpc) is 3.23. The molecule has 124 valence electrons. The summed E-state index contributed by atoms with van der Waals surface area (Å²) >= 11 is 8.76. The van der Waals surface area contributed by atoms with E-state index >= 15 is 0 Å². The highest BCUT2D eigenvalue weighted by Crippen LogP contribution is 2.54. The summed E-state index contributed by atoms with van der Waals surface area (Å²) < 4.78 is 0.922. The van der Waals surface area contributed by atoms with Crippen molar-refractivity contribution in [3.63, 3.8) is 0 Å². The smallest absolute Gasteiger partial charge is 0.266 e. The van der Waals surface area contributed by atoms with Gasteiger partial charge in [0.1, 0.15) is 0 Å². The van der Waals surface area contributed by atoms with Gasteiger partial charge < -0.3 is 5.32 Å². The lowest BCUT2D eigenvalue weighted by Gasteiger charge is -2.30. The van der Waals surface area contributed by atoms with Crippen molar-refractivity contribution in [3.05, 3.63) is 53.1 Å². The van der Waals surface area contributed by atoms with Crippen LogP contribution >= 0.6 is 34.7 Å². The van der Waals surface area contributed by atoms with Gasteiger partial charge in [-0.25, -0.2) is 4.98 Å².